The molecule has 4 N–H and O–H groups in total. The number of rotatable bonds is 17. The van der Waals surface area contributed by atoms with Gasteiger partial charge in [-0.25, -0.2) is 99.5 Å². The van der Waals surface area contributed by atoms with Crippen LogP contribution in [0.3, 0.4) is 0 Å². The second-order valence-corrected chi connectivity index (χ2v) is 29.7. The fourth-order valence-electron chi connectivity index (χ4n) is 12.2. The molecule has 638 valence electrons. The van der Waals surface area contributed by atoms with Crippen LogP contribution in [0.25, 0.3) is 22.5 Å². The molecule has 0 bridgehead atoms. The lowest BCUT2D eigenvalue weighted by Crippen LogP contribution is -2.55. The molecule has 5 unspecified atom stereocenters. The first-order valence-corrected chi connectivity index (χ1v) is 37.1. The summed E-state index contributed by atoms with van der Waals surface area (Å²) in [6.07, 6.45) is 2.26. The zero-order valence-corrected chi connectivity index (χ0v) is 65.5. The van der Waals surface area contributed by atoms with Crippen LogP contribution in [-0.4, -0.2) is 219 Å². The molecular formula is C79H84F11N19O11. The number of hydrogen-bond acceptors (Lipinski definition) is 24. The quantitative estimate of drug-likeness (QED) is 0.0433. The summed E-state index contributed by atoms with van der Waals surface area (Å²) in [5.41, 5.74) is 5.24. The summed E-state index contributed by atoms with van der Waals surface area (Å²) in [7, 11) is 1.00. The fraction of sp³-hybridized carbons (Fsp3) is 0.405. The lowest BCUT2D eigenvalue weighted by atomic mass is 9.93. The van der Waals surface area contributed by atoms with Crippen molar-refractivity contribution in [3.63, 3.8) is 0 Å². The molecule has 12 heterocycles. The highest BCUT2D eigenvalue weighted by atomic mass is 19.4. The molecule has 2 aromatic carbocycles. The van der Waals surface area contributed by atoms with Crippen LogP contribution in [0, 0.1) is 63.0 Å². The Hall–Kier alpha value is -12.6. The Labute approximate surface area is 679 Å². The number of aliphatic hydroxyl groups is 2. The SMILES string of the molecule is CC(C)(C)OC(=O)N1CC(C(F)c2ncccn2)C1.CC(C)(C)OC(=O)N1CC(C(O)c2ncccn2)C1.CO.Nc1ccc(-c2ccc(F)cc2F)nc1CC(=O)N1CC(C(F)c2ncccn2)C1.O=C(Cc1nc(-c2ccc(F)cc2F)ccc1[N+](=O)[O-])N1CC(C(F)c2ncccn2)C1.O=C(N1CC(C(F)c2ncccn2)C1)C(F)(F)F. The number of amides is 5. The highest BCUT2D eigenvalue weighted by Gasteiger charge is 2.49. The minimum atomic E-state index is -4.90. The number of anilines is 1. The number of hydrogen-bond donors (Lipinski definition) is 3. The first kappa shape index (κ1) is 91.3. The molecule has 120 heavy (non-hydrogen) atoms. The topological polar surface area (TPSA) is 384 Å². The van der Waals surface area contributed by atoms with Crippen LogP contribution >= 0.6 is 0 Å². The Morgan fingerprint density at radius 1 is 0.458 bits per heavy atom. The summed E-state index contributed by atoms with van der Waals surface area (Å²) in [5, 5.41) is 28.4. The molecule has 0 saturated carbocycles. The van der Waals surface area contributed by atoms with Gasteiger partial charge >= 0.3 is 24.3 Å². The lowest BCUT2D eigenvalue weighted by molar-refractivity contribution is -0.385. The van der Waals surface area contributed by atoms with Crippen molar-refractivity contribution in [3.8, 4) is 22.5 Å². The van der Waals surface area contributed by atoms with Gasteiger partial charge in [0.15, 0.2) is 53.8 Å². The lowest BCUT2D eigenvalue weighted by Gasteiger charge is -2.41. The van der Waals surface area contributed by atoms with E-state index >= 15 is 0 Å². The van der Waals surface area contributed by atoms with Crippen LogP contribution in [0.4, 0.5) is 69.3 Å². The number of nitro groups is 1. The maximum atomic E-state index is 14.5. The average molecular weight is 1680 g/mol. The number of carbonyl (C=O) groups excluding carboxylic acids is 5. The highest BCUT2D eigenvalue weighted by molar-refractivity contribution is 5.83. The van der Waals surface area contributed by atoms with Gasteiger partial charge in [-0.15, -0.1) is 0 Å². The number of ether oxygens (including phenoxy) is 2. The third kappa shape index (κ3) is 24.8. The molecule has 5 aliphatic heterocycles. The van der Waals surface area contributed by atoms with E-state index in [9.17, 15) is 87.5 Å². The van der Waals surface area contributed by atoms with Gasteiger partial charge in [0.25, 0.3) is 5.69 Å². The van der Waals surface area contributed by atoms with E-state index in [4.69, 9.17) is 20.3 Å². The molecule has 0 aliphatic carbocycles. The van der Waals surface area contributed by atoms with Crippen LogP contribution in [0.2, 0.25) is 0 Å². The van der Waals surface area contributed by atoms with Gasteiger partial charge in [-0.2, -0.15) is 13.2 Å². The first-order chi connectivity index (χ1) is 56.9. The van der Waals surface area contributed by atoms with E-state index in [1.165, 1.54) is 94.6 Å². The molecule has 5 amide bonds. The molecule has 5 fully saturated rings. The number of nitrogen functional groups attached to an aromatic ring is 1. The van der Waals surface area contributed by atoms with Gasteiger partial charge in [-0.05, 0) is 114 Å². The molecule has 0 spiro atoms. The monoisotopic (exact) mass is 1680 g/mol. The van der Waals surface area contributed by atoms with Crippen molar-refractivity contribution in [1.29, 1.82) is 0 Å². The molecule has 7 aromatic heterocycles. The Balaban J connectivity index is 0.000000173. The number of likely N-dealkylation sites (tertiary alicyclic amines) is 5. The Bertz CT molecular complexity index is 4840. The van der Waals surface area contributed by atoms with Gasteiger partial charge in [0, 0.05) is 193 Å². The Kier molecular flexibility index (Phi) is 31.0. The van der Waals surface area contributed by atoms with Crippen LogP contribution in [0.5, 0.6) is 0 Å². The van der Waals surface area contributed by atoms with E-state index in [-0.39, 0.29) is 138 Å². The normalized spacial score (nSPS) is 16.1. The van der Waals surface area contributed by atoms with Gasteiger partial charge in [0.2, 0.25) is 11.8 Å². The Morgan fingerprint density at radius 2 is 0.758 bits per heavy atom. The molecule has 5 atom stereocenters. The second kappa shape index (κ2) is 40.7. The number of alkyl halides is 7. The Morgan fingerprint density at radius 3 is 1.08 bits per heavy atom. The number of halogens is 11. The third-order valence-corrected chi connectivity index (χ3v) is 18.6. The molecule has 30 nitrogen and oxygen atoms in total. The standard InChI is InChI=1S/C21H16F3N5O3.C21H18F3N5O.C13H18FN3O2.C13H19N3O3.C10H9F4N3O.CH4O/c22-13-2-3-14(15(23)8-13)16-4-5-18(29(31)32)17(27-16)9-19(30)28-10-12(11-28)20(24)21-25-6-1-7-26-21;22-13-2-3-14(15(23)8-13)17-5-4-16(25)18(28-17)9-19(30)29-10-12(11-29)20(24)21-26-6-1-7-27-21;1-13(2,3)19-12(18)17-7-9(8-17)10(14)11-15-5-4-6-16-11;1-13(2,3)19-12(18)16-7-9(8-16)10(17)11-14-5-4-6-15-11;11-7(8-15-2-1-3-16-8)6-4-17(5-6)9(18)10(12,13)14;1-2/h1-8,12,20H,9-11H2;1-8,12,20H,9-11,25H2;4-6,9-10H,7-8H2,1-3H3;4-6,9-10,17H,7-8H2,1-3H3;1-3,6-7H,4-5H2;2H,1H3. The van der Waals surface area contributed by atoms with Crippen molar-refractivity contribution < 1.29 is 96.9 Å². The number of nitrogens with two attached hydrogens (primary N) is 1. The zero-order valence-electron chi connectivity index (χ0n) is 65.5. The zero-order chi connectivity index (χ0) is 87.5. The summed E-state index contributed by atoms with van der Waals surface area (Å²) in [6, 6.07) is 19.5. The van der Waals surface area contributed by atoms with Crippen LogP contribution in [0.1, 0.15) is 113 Å². The van der Waals surface area contributed by atoms with E-state index in [2.05, 4.69) is 59.8 Å². The van der Waals surface area contributed by atoms with Crippen molar-refractivity contribution in [2.75, 3.05) is 78.3 Å². The van der Waals surface area contributed by atoms with Crippen LogP contribution in [-0.2, 0) is 36.7 Å². The van der Waals surface area contributed by atoms with E-state index in [0.717, 1.165) is 37.4 Å². The third-order valence-electron chi connectivity index (χ3n) is 18.6. The van der Waals surface area contributed by atoms with Gasteiger partial charge < -0.3 is 49.9 Å². The molecule has 41 heteroatoms. The highest BCUT2D eigenvalue weighted by Crippen LogP contribution is 2.38. The minimum absolute atomic E-state index is 0.0300. The van der Waals surface area contributed by atoms with Crippen molar-refractivity contribution in [3.05, 3.63) is 227 Å². The number of carbonyl (C=O) groups is 5. The van der Waals surface area contributed by atoms with Gasteiger partial charge in [0.1, 0.15) is 46.3 Å². The van der Waals surface area contributed by atoms with Gasteiger partial charge in [-0.3, -0.25) is 29.5 Å². The number of aliphatic hydroxyl groups excluding tert-OH is 2. The summed E-state index contributed by atoms with van der Waals surface area (Å²) in [4.78, 5) is 124. The summed E-state index contributed by atoms with van der Waals surface area (Å²) in [5.74, 6) is -6.95. The van der Waals surface area contributed by atoms with Crippen molar-refractivity contribution in [2.24, 2.45) is 29.6 Å². The average Bonchev–Trinajstić information content (AvgIpc) is 0.800. The van der Waals surface area contributed by atoms with E-state index in [1.807, 2.05) is 20.8 Å². The van der Waals surface area contributed by atoms with Gasteiger partial charge in [0.05, 0.1) is 40.5 Å². The molecular weight excluding hydrogens is 1600 g/mol. The summed E-state index contributed by atoms with van der Waals surface area (Å²) < 4.78 is 158. The van der Waals surface area contributed by atoms with Crippen LogP contribution in [0.15, 0.2) is 153 Å². The van der Waals surface area contributed by atoms with Gasteiger partial charge in [-0.1, -0.05) is 0 Å². The predicted octanol–water partition coefficient (Wildman–Crippen LogP) is 11.4. The van der Waals surface area contributed by atoms with E-state index < -0.39 is 118 Å². The van der Waals surface area contributed by atoms with Crippen molar-refractivity contribution >= 4 is 41.3 Å². The smallest absolute Gasteiger partial charge is 0.444 e. The number of pyridine rings is 2. The van der Waals surface area contributed by atoms with E-state index in [1.54, 1.807) is 62.3 Å². The largest absolute Gasteiger partial charge is 0.471 e. The molecule has 5 saturated heterocycles. The fourth-order valence-corrected chi connectivity index (χ4v) is 12.2. The molecule has 5 aliphatic rings. The molecule has 14 rings (SSSR count). The first-order valence-electron chi connectivity index (χ1n) is 37.1. The minimum Gasteiger partial charge on any atom is -0.444 e. The van der Waals surface area contributed by atoms with Crippen LogP contribution < -0.4 is 5.73 Å². The number of benzene rings is 2. The number of nitrogens with zero attached hydrogens (tertiary/aromatic N) is 18. The second-order valence-electron chi connectivity index (χ2n) is 29.7. The summed E-state index contributed by atoms with van der Waals surface area (Å²) in [6.45, 7) is 12.7. The van der Waals surface area contributed by atoms with Crippen molar-refractivity contribution in [1.82, 2.24) is 84.3 Å². The molecule has 9 aromatic rings. The molecule has 0 radical (unpaired) electrons. The van der Waals surface area contributed by atoms with E-state index in [0.29, 0.717) is 43.0 Å². The number of aromatic nitrogens is 12. The summed E-state index contributed by atoms with van der Waals surface area (Å²) >= 11 is 0. The predicted molar refractivity (Wildman–Crippen MR) is 405 cm³/mol. The van der Waals surface area contributed by atoms with Crippen molar-refractivity contribution in [2.45, 2.75) is 103 Å². The maximum absolute atomic E-state index is 14.5. The maximum Gasteiger partial charge on any atom is 0.471 e.